The highest BCUT2D eigenvalue weighted by Crippen LogP contribution is 2.55. The molecule has 0 amide bonds. The molecule has 2 heterocycles. The van der Waals surface area contributed by atoms with Gasteiger partial charge in [-0.2, -0.15) is 0 Å². The van der Waals surface area contributed by atoms with Gasteiger partial charge in [0.2, 0.25) is 0 Å². The van der Waals surface area contributed by atoms with Gasteiger partial charge in [0.25, 0.3) is 0 Å². The van der Waals surface area contributed by atoms with Gasteiger partial charge in [0.1, 0.15) is 5.78 Å². The smallest absolute Gasteiger partial charge is 0.148 e. The third-order valence-electron chi connectivity index (χ3n) is 7.25. The van der Waals surface area contributed by atoms with Crippen LogP contribution in [0.5, 0.6) is 0 Å². The highest BCUT2D eigenvalue weighted by atomic mass is 16.5. The van der Waals surface area contributed by atoms with E-state index in [2.05, 4.69) is 53.8 Å². The third-order valence-corrected chi connectivity index (χ3v) is 7.25. The third kappa shape index (κ3) is 3.67. The number of nitrogens with one attached hydrogen (secondary N) is 1. The molecule has 0 saturated carbocycles. The predicted molar refractivity (Wildman–Crippen MR) is 133 cm³/mol. The highest BCUT2D eigenvalue weighted by Gasteiger charge is 2.56. The van der Waals surface area contributed by atoms with Crippen molar-refractivity contribution in [3.05, 3.63) is 144 Å². The Kier molecular flexibility index (Phi) is 5.58. The van der Waals surface area contributed by atoms with Crippen LogP contribution in [-0.2, 0) is 9.53 Å². The zero-order valence-electron chi connectivity index (χ0n) is 18.8. The average Bonchev–Trinajstić information content (AvgIpc) is 2.91. The number of ether oxygens (including phenoxy) is 1. The summed E-state index contributed by atoms with van der Waals surface area (Å²) >= 11 is 0. The Hall–Kier alpha value is -3.53. The molecule has 6 rings (SSSR count). The van der Waals surface area contributed by atoms with E-state index < -0.39 is 0 Å². The quantitative estimate of drug-likeness (QED) is 0.396. The van der Waals surface area contributed by atoms with Crippen LogP contribution < -0.4 is 5.32 Å². The van der Waals surface area contributed by atoms with Gasteiger partial charge in [0.05, 0.1) is 24.0 Å². The molecule has 0 aliphatic carbocycles. The molecule has 2 fully saturated rings. The van der Waals surface area contributed by atoms with Crippen LogP contribution in [0.2, 0.25) is 0 Å². The fourth-order valence-electron chi connectivity index (χ4n) is 5.71. The van der Waals surface area contributed by atoms with Gasteiger partial charge in [-0.05, 0) is 22.3 Å². The molecule has 2 saturated heterocycles. The molecule has 0 radical (unpaired) electrons. The standard InChI is InChI=1S/C31H27NO2/c33-29-25-27(21-13-5-1-6-14-21)32-28(22-15-7-2-8-16-22)26(29)31(24-19-11-4-12-20-24)34-30(25)23-17-9-3-10-18-23/h1-20,25-28,30-32H/t25-,26-,27+,28+,30-,31+/m1/s1. The monoisotopic (exact) mass is 445 g/mol. The van der Waals surface area contributed by atoms with Crippen LogP contribution in [0.15, 0.2) is 121 Å². The van der Waals surface area contributed by atoms with Crippen molar-refractivity contribution in [1.82, 2.24) is 5.32 Å². The number of hydrogen-bond donors (Lipinski definition) is 1. The molecule has 1 N–H and O–H groups in total. The first-order chi connectivity index (χ1) is 16.8. The molecule has 6 atom stereocenters. The Morgan fingerprint density at radius 1 is 0.471 bits per heavy atom. The predicted octanol–water partition coefficient (Wildman–Crippen LogP) is 6.39. The number of fused-ring (bicyclic) bond motifs is 2. The molecule has 4 aromatic rings. The number of piperidine rings is 1. The Morgan fingerprint density at radius 2 is 0.794 bits per heavy atom. The van der Waals surface area contributed by atoms with Crippen molar-refractivity contribution < 1.29 is 9.53 Å². The van der Waals surface area contributed by atoms with Gasteiger partial charge in [0, 0.05) is 12.1 Å². The van der Waals surface area contributed by atoms with E-state index in [0.717, 1.165) is 22.3 Å². The minimum absolute atomic E-state index is 0.142. The lowest BCUT2D eigenvalue weighted by molar-refractivity contribution is -0.177. The van der Waals surface area contributed by atoms with Crippen molar-refractivity contribution in [2.75, 3.05) is 0 Å². The van der Waals surface area contributed by atoms with E-state index in [0.29, 0.717) is 0 Å². The minimum atomic E-state index is -0.329. The average molecular weight is 446 g/mol. The lowest BCUT2D eigenvalue weighted by Crippen LogP contribution is -2.56. The molecule has 0 unspecified atom stereocenters. The van der Waals surface area contributed by atoms with E-state index >= 15 is 0 Å². The molecule has 2 aliphatic rings. The second kappa shape index (κ2) is 9.02. The second-order valence-electron chi connectivity index (χ2n) is 9.20. The minimum Gasteiger partial charge on any atom is -0.364 e. The summed E-state index contributed by atoms with van der Waals surface area (Å²) in [6, 6.07) is 40.7. The van der Waals surface area contributed by atoms with Gasteiger partial charge < -0.3 is 10.1 Å². The van der Waals surface area contributed by atoms with Gasteiger partial charge in [0.15, 0.2) is 0 Å². The SMILES string of the molecule is O=C1[C@@H]2[C@@H](c3ccccc3)O[C@@H](c3ccccc3)[C@@H]1[C@H](c1ccccc1)N[C@H]2c1ccccc1. The van der Waals surface area contributed by atoms with Crippen LogP contribution in [0.4, 0.5) is 0 Å². The van der Waals surface area contributed by atoms with Gasteiger partial charge in [-0.15, -0.1) is 0 Å². The molecule has 0 aromatic heterocycles. The number of hydrogen-bond acceptors (Lipinski definition) is 3. The van der Waals surface area contributed by atoms with Crippen molar-refractivity contribution in [2.45, 2.75) is 24.3 Å². The first-order valence-electron chi connectivity index (χ1n) is 12.0. The van der Waals surface area contributed by atoms with E-state index in [-0.39, 0.29) is 41.9 Å². The Bertz CT molecular complexity index is 1050. The van der Waals surface area contributed by atoms with Gasteiger partial charge >= 0.3 is 0 Å². The van der Waals surface area contributed by atoms with Crippen molar-refractivity contribution in [3.8, 4) is 0 Å². The lowest BCUT2D eigenvalue weighted by Gasteiger charge is -2.52. The number of ketones is 1. The summed E-state index contributed by atoms with van der Waals surface area (Å²) in [7, 11) is 0. The van der Waals surface area contributed by atoms with Crippen LogP contribution in [-0.4, -0.2) is 5.78 Å². The summed E-state index contributed by atoms with van der Waals surface area (Å²) in [5, 5.41) is 3.92. The first-order valence-corrected chi connectivity index (χ1v) is 12.0. The molecule has 4 aromatic carbocycles. The molecule has 2 aliphatic heterocycles. The molecular formula is C31H27NO2. The molecular weight excluding hydrogens is 418 g/mol. The van der Waals surface area contributed by atoms with E-state index in [1.54, 1.807) is 0 Å². The number of rotatable bonds is 4. The number of carbonyl (C=O) groups is 1. The topological polar surface area (TPSA) is 38.3 Å². The number of Topliss-reactive ketones (excluding diaryl/α,β-unsaturated/α-hetero) is 1. The fraction of sp³-hybridized carbons (Fsp3) is 0.194. The highest BCUT2D eigenvalue weighted by molar-refractivity contribution is 5.88. The Morgan fingerprint density at radius 3 is 1.15 bits per heavy atom. The normalized spacial score (nSPS) is 28.4. The summed E-state index contributed by atoms with van der Waals surface area (Å²) in [5.74, 6) is -0.347. The van der Waals surface area contributed by atoms with E-state index in [1.807, 2.05) is 72.8 Å². The fourth-order valence-corrected chi connectivity index (χ4v) is 5.71. The van der Waals surface area contributed by atoms with Crippen LogP contribution in [0.1, 0.15) is 46.5 Å². The van der Waals surface area contributed by atoms with Crippen LogP contribution >= 0.6 is 0 Å². The van der Waals surface area contributed by atoms with Gasteiger partial charge in [-0.1, -0.05) is 121 Å². The molecule has 3 nitrogen and oxygen atoms in total. The summed E-state index contributed by atoms with van der Waals surface area (Å²) in [6.45, 7) is 0. The Labute approximate surface area is 200 Å². The maximum Gasteiger partial charge on any atom is 0.148 e. The van der Waals surface area contributed by atoms with Crippen molar-refractivity contribution in [1.29, 1.82) is 0 Å². The zero-order valence-corrected chi connectivity index (χ0v) is 18.8. The first kappa shape index (κ1) is 21.0. The molecule has 168 valence electrons. The van der Waals surface area contributed by atoms with Crippen LogP contribution in [0.3, 0.4) is 0 Å². The molecule has 34 heavy (non-hydrogen) atoms. The molecule has 2 bridgehead atoms. The zero-order chi connectivity index (χ0) is 22.9. The van der Waals surface area contributed by atoms with Gasteiger partial charge in [-0.3, -0.25) is 4.79 Å². The van der Waals surface area contributed by atoms with Crippen molar-refractivity contribution in [3.63, 3.8) is 0 Å². The van der Waals surface area contributed by atoms with E-state index in [9.17, 15) is 4.79 Å². The van der Waals surface area contributed by atoms with E-state index in [4.69, 9.17) is 4.74 Å². The molecule has 3 heteroatoms. The molecule has 0 spiro atoms. The van der Waals surface area contributed by atoms with Gasteiger partial charge in [-0.25, -0.2) is 0 Å². The number of carbonyl (C=O) groups excluding carboxylic acids is 1. The second-order valence-corrected chi connectivity index (χ2v) is 9.20. The van der Waals surface area contributed by atoms with E-state index in [1.165, 1.54) is 0 Å². The summed E-state index contributed by atoms with van der Waals surface area (Å²) in [6.07, 6.45) is -0.658. The summed E-state index contributed by atoms with van der Waals surface area (Å²) in [4.78, 5) is 14.4. The summed E-state index contributed by atoms with van der Waals surface area (Å²) < 4.78 is 6.94. The number of benzene rings is 4. The van der Waals surface area contributed by atoms with Crippen molar-refractivity contribution in [2.24, 2.45) is 11.8 Å². The van der Waals surface area contributed by atoms with Crippen molar-refractivity contribution >= 4 is 5.78 Å². The largest absolute Gasteiger partial charge is 0.364 e. The lowest BCUT2D eigenvalue weighted by atomic mass is 9.66. The van der Waals surface area contributed by atoms with Crippen LogP contribution in [0, 0.1) is 11.8 Å². The maximum atomic E-state index is 14.4. The maximum absolute atomic E-state index is 14.4. The Balaban J connectivity index is 1.52. The summed E-state index contributed by atoms with van der Waals surface area (Å²) in [5.41, 5.74) is 4.31. The van der Waals surface area contributed by atoms with Crippen LogP contribution in [0.25, 0.3) is 0 Å².